The third kappa shape index (κ3) is 7.65. The van der Waals surface area contributed by atoms with E-state index in [0.717, 1.165) is 5.56 Å². The third-order valence-electron chi connectivity index (χ3n) is 5.22. The molecule has 0 aliphatic rings. The summed E-state index contributed by atoms with van der Waals surface area (Å²) in [5.74, 6) is -0.727. The number of benzene rings is 2. The van der Waals surface area contributed by atoms with Gasteiger partial charge in [0.25, 0.3) is 0 Å². The number of esters is 1. The quantitative estimate of drug-likeness (QED) is 0.241. The molecule has 2 aromatic heterocycles. The molecule has 0 spiro atoms. The first-order valence-corrected chi connectivity index (χ1v) is 12.0. The largest absolute Gasteiger partial charge is 0.508 e. The molecular weight excluding hydrogens is 508 g/mol. The minimum Gasteiger partial charge on any atom is -0.508 e. The topological polar surface area (TPSA) is 155 Å². The number of amides is 1. The van der Waals surface area contributed by atoms with Crippen molar-refractivity contribution in [2.45, 2.75) is 45.6 Å². The number of aromatic hydroxyl groups is 1. The van der Waals surface area contributed by atoms with Crippen LogP contribution in [0.25, 0.3) is 16.7 Å². The van der Waals surface area contributed by atoms with Crippen LogP contribution in [-0.4, -0.2) is 50.4 Å². The minimum absolute atomic E-state index is 0.0223. The number of ether oxygens (including phenoxy) is 3. The number of carbonyl (C=O) groups is 2. The smallest absolute Gasteiger partial charge is 0.408 e. The maximum absolute atomic E-state index is 12.7. The van der Waals surface area contributed by atoms with E-state index in [1.165, 1.54) is 23.0 Å². The van der Waals surface area contributed by atoms with Gasteiger partial charge in [0.05, 0.1) is 19.4 Å². The van der Waals surface area contributed by atoms with Crippen LogP contribution < -0.4 is 10.9 Å². The van der Waals surface area contributed by atoms with Gasteiger partial charge < -0.3 is 29.1 Å². The second-order valence-corrected chi connectivity index (χ2v) is 9.60. The third-order valence-corrected chi connectivity index (χ3v) is 5.22. The molecule has 0 saturated heterocycles. The number of phenols is 1. The molecule has 0 radical (unpaired) electrons. The first kappa shape index (κ1) is 27.3. The Kier molecular flexibility index (Phi) is 8.25. The summed E-state index contributed by atoms with van der Waals surface area (Å²) in [7, 11) is 0. The Morgan fingerprint density at radius 3 is 2.62 bits per heavy atom. The average molecular weight is 537 g/mol. The SMILES string of the molecule is CC(C)(C)OC(=O)N[C@@H](COCc1cn(-c2cc3ccc(O)cc3oc2=O)nn1)C(=O)OCc1ccccc1. The van der Waals surface area contributed by atoms with Gasteiger partial charge >= 0.3 is 17.7 Å². The molecule has 0 saturated carbocycles. The van der Waals surface area contributed by atoms with E-state index in [2.05, 4.69) is 15.6 Å². The van der Waals surface area contributed by atoms with Gasteiger partial charge in [-0.2, -0.15) is 0 Å². The molecule has 0 unspecified atom stereocenters. The Morgan fingerprint density at radius 2 is 1.87 bits per heavy atom. The molecule has 4 aromatic rings. The highest BCUT2D eigenvalue weighted by atomic mass is 16.6. The summed E-state index contributed by atoms with van der Waals surface area (Å²) in [4.78, 5) is 37.5. The Labute approximate surface area is 223 Å². The number of alkyl carbamates (subject to hydrolysis) is 1. The molecule has 2 heterocycles. The van der Waals surface area contributed by atoms with Gasteiger partial charge in [0.1, 0.15) is 29.2 Å². The number of rotatable bonds is 9. The number of fused-ring (bicyclic) bond motifs is 1. The van der Waals surface area contributed by atoms with Crippen LogP contribution in [0.2, 0.25) is 0 Å². The van der Waals surface area contributed by atoms with Gasteiger partial charge in [0.2, 0.25) is 0 Å². The van der Waals surface area contributed by atoms with Gasteiger partial charge in [0.15, 0.2) is 11.7 Å². The Hall–Kier alpha value is -4.71. The van der Waals surface area contributed by atoms with E-state index in [9.17, 15) is 19.5 Å². The Balaban J connectivity index is 1.40. The monoisotopic (exact) mass is 536 g/mol. The van der Waals surface area contributed by atoms with Crippen LogP contribution in [0.3, 0.4) is 0 Å². The minimum atomic E-state index is -1.15. The summed E-state index contributed by atoms with van der Waals surface area (Å²) in [5.41, 5.74) is 0.0464. The van der Waals surface area contributed by atoms with Crippen LogP contribution >= 0.6 is 0 Å². The zero-order valence-corrected chi connectivity index (χ0v) is 21.6. The van der Waals surface area contributed by atoms with Gasteiger partial charge in [-0.3, -0.25) is 0 Å². The molecule has 2 aromatic carbocycles. The summed E-state index contributed by atoms with van der Waals surface area (Å²) in [6, 6.07) is 13.9. The van der Waals surface area contributed by atoms with E-state index in [-0.39, 0.29) is 36.8 Å². The maximum atomic E-state index is 12.7. The molecule has 1 amide bonds. The standard InChI is InChI=1S/C27H28N4O8/c1-27(2,3)39-26(35)28-21(24(33)37-14-17-7-5-4-6-8-17)16-36-15-19-13-31(30-29-19)22-11-18-9-10-20(32)12-23(18)38-25(22)34/h4-13,21,32H,14-16H2,1-3H3,(H,28,35)/t21-/m0/s1. The number of phenolic OH excluding ortho intramolecular Hbond substituents is 1. The van der Waals surface area contributed by atoms with E-state index in [4.69, 9.17) is 18.6 Å². The highest BCUT2D eigenvalue weighted by molar-refractivity contribution is 5.81. The van der Waals surface area contributed by atoms with Gasteiger partial charge in [-0.1, -0.05) is 35.5 Å². The lowest BCUT2D eigenvalue weighted by Crippen LogP contribution is -2.46. The van der Waals surface area contributed by atoms with Crippen LogP contribution in [0.15, 0.2) is 70.0 Å². The maximum Gasteiger partial charge on any atom is 0.408 e. The van der Waals surface area contributed by atoms with Crippen molar-refractivity contribution in [3.05, 3.63) is 82.5 Å². The highest BCUT2D eigenvalue weighted by Crippen LogP contribution is 2.20. The molecule has 39 heavy (non-hydrogen) atoms. The predicted octanol–water partition coefficient (Wildman–Crippen LogP) is 3.23. The van der Waals surface area contributed by atoms with Crippen molar-refractivity contribution >= 4 is 23.0 Å². The molecule has 12 heteroatoms. The average Bonchev–Trinajstić information content (AvgIpc) is 3.34. The van der Waals surface area contributed by atoms with Gasteiger partial charge in [-0.15, -0.1) is 5.10 Å². The molecular formula is C27H28N4O8. The number of hydrogen-bond acceptors (Lipinski definition) is 10. The summed E-state index contributed by atoms with van der Waals surface area (Å²) in [6.07, 6.45) is 0.678. The van der Waals surface area contributed by atoms with Crippen LogP contribution in [-0.2, 0) is 32.2 Å². The number of carbonyl (C=O) groups excluding carboxylic acids is 2. The Morgan fingerprint density at radius 1 is 1.10 bits per heavy atom. The first-order valence-electron chi connectivity index (χ1n) is 12.0. The molecule has 0 aliphatic heterocycles. The second kappa shape index (κ2) is 11.8. The van der Waals surface area contributed by atoms with Crippen molar-refractivity contribution in [3.63, 3.8) is 0 Å². The summed E-state index contributed by atoms with van der Waals surface area (Å²) >= 11 is 0. The molecule has 0 fully saturated rings. The number of nitrogens with one attached hydrogen (secondary N) is 1. The van der Waals surface area contributed by atoms with Gasteiger partial charge in [0, 0.05) is 11.5 Å². The Bertz CT molecular complexity index is 1510. The van der Waals surface area contributed by atoms with Crippen LogP contribution in [0, 0.1) is 0 Å². The fraction of sp³-hybridized carbons (Fsp3) is 0.296. The number of nitrogens with zero attached hydrogens (tertiary/aromatic N) is 3. The molecule has 0 aliphatic carbocycles. The van der Waals surface area contributed by atoms with E-state index in [1.54, 1.807) is 32.9 Å². The van der Waals surface area contributed by atoms with Crippen LogP contribution in [0.1, 0.15) is 32.0 Å². The fourth-order valence-electron chi connectivity index (χ4n) is 3.46. The molecule has 12 nitrogen and oxygen atoms in total. The first-order chi connectivity index (χ1) is 18.6. The summed E-state index contributed by atoms with van der Waals surface area (Å²) < 4.78 is 22.7. The van der Waals surface area contributed by atoms with Crippen molar-refractivity contribution in [3.8, 4) is 11.4 Å². The summed E-state index contributed by atoms with van der Waals surface area (Å²) in [6.45, 7) is 4.82. The lowest BCUT2D eigenvalue weighted by Gasteiger charge is -2.23. The lowest BCUT2D eigenvalue weighted by atomic mass is 10.2. The second-order valence-electron chi connectivity index (χ2n) is 9.60. The van der Waals surface area contributed by atoms with E-state index in [0.29, 0.717) is 11.1 Å². The van der Waals surface area contributed by atoms with E-state index < -0.39 is 29.3 Å². The molecule has 2 N–H and O–H groups in total. The zero-order chi connectivity index (χ0) is 28.0. The van der Waals surface area contributed by atoms with Crippen molar-refractivity contribution in [2.75, 3.05) is 6.61 Å². The molecule has 0 bridgehead atoms. The predicted molar refractivity (Wildman–Crippen MR) is 138 cm³/mol. The zero-order valence-electron chi connectivity index (χ0n) is 21.6. The lowest BCUT2D eigenvalue weighted by molar-refractivity contribution is -0.149. The van der Waals surface area contributed by atoms with Crippen molar-refractivity contribution in [1.29, 1.82) is 0 Å². The fourth-order valence-corrected chi connectivity index (χ4v) is 3.46. The number of hydrogen-bond donors (Lipinski definition) is 2. The van der Waals surface area contributed by atoms with Crippen LogP contribution in [0.4, 0.5) is 4.79 Å². The molecule has 204 valence electrons. The molecule has 1 atom stereocenters. The van der Waals surface area contributed by atoms with E-state index >= 15 is 0 Å². The molecule has 4 rings (SSSR count). The summed E-state index contributed by atoms with van der Waals surface area (Å²) in [5, 5.41) is 20.6. The van der Waals surface area contributed by atoms with E-state index in [1.807, 2.05) is 30.3 Å². The van der Waals surface area contributed by atoms with Gasteiger partial charge in [-0.05, 0) is 44.5 Å². The van der Waals surface area contributed by atoms with Gasteiger partial charge in [-0.25, -0.2) is 19.1 Å². The number of aromatic nitrogens is 3. The van der Waals surface area contributed by atoms with Crippen molar-refractivity contribution < 1.29 is 33.3 Å². The van der Waals surface area contributed by atoms with Crippen LogP contribution in [0.5, 0.6) is 5.75 Å². The normalized spacial score (nSPS) is 12.2. The van der Waals surface area contributed by atoms with Crippen molar-refractivity contribution in [2.24, 2.45) is 0 Å². The highest BCUT2D eigenvalue weighted by Gasteiger charge is 2.26. The van der Waals surface area contributed by atoms with Crippen molar-refractivity contribution in [1.82, 2.24) is 20.3 Å².